The van der Waals surface area contributed by atoms with Gasteiger partial charge in [0.1, 0.15) is 11.5 Å². The quantitative estimate of drug-likeness (QED) is 0.269. The molecule has 3 rings (SSSR count). The Hall–Kier alpha value is -3.12. The molecule has 1 fully saturated rings. The highest BCUT2D eigenvalue weighted by Crippen LogP contribution is 2.41. The van der Waals surface area contributed by atoms with Crippen LogP contribution in [0.4, 0.5) is 0 Å². The molecular weight excluding hydrogens is 418 g/mol. The number of ketones is 1. The number of nitrogens with zero attached hydrogens (tertiary/aromatic N) is 1. The second kappa shape index (κ2) is 10.2. The molecule has 1 amide bonds. The van der Waals surface area contributed by atoms with Gasteiger partial charge >= 0.3 is 0 Å². The van der Waals surface area contributed by atoms with Crippen LogP contribution >= 0.6 is 0 Å². The van der Waals surface area contributed by atoms with Crippen molar-refractivity contribution in [2.75, 3.05) is 26.9 Å². The van der Waals surface area contributed by atoms with E-state index in [0.29, 0.717) is 31.7 Å². The fourth-order valence-corrected chi connectivity index (χ4v) is 4.17. The second-order valence-electron chi connectivity index (χ2n) is 9.14. The first-order chi connectivity index (χ1) is 15.7. The van der Waals surface area contributed by atoms with Gasteiger partial charge < -0.3 is 19.5 Å². The molecule has 33 heavy (non-hydrogen) atoms. The molecule has 1 unspecified atom stereocenters. The van der Waals surface area contributed by atoms with Crippen LogP contribution in [0.1, 0.15) is 56.8 Å². The smallest absolute Gasteiger partial charge is 0.295 e. The summed E-state index contributed by atoms with van der Waals surface area (Å²) in [5.41, 5.74) is 2.04. The monoisotopic (exact) mass is 451 g/mol. The van der Waals surface area contributed by atoms with Gasteiger partial charge in [0.25, 0.3) is 11.7 Å². The molecule has 0 bridgehead atoms. The van der Waals surface area contributed by atoms with E-state index in [1.54, 1.807) is 13.2 Å². The minimum absolute atomic E-state index is 0.104. The van der Waals surface area contributed by atoms with Crippen LogP contribution in [0.2, 0.25) is 0 Å². The zero-order chi connectivity index (χ0) is 24.2. The van der Waals surface area contributed by atoms with E-state index < -0.39 is 17.7 Å². The first-order valence-electron chi connectivity index (χ1n) is 11.3. The molecule has 1 aliphatic heterocycles. The zero-order valence-corrected chi connectivity index (χ0v) is 20.1. The number of benzene rings is 2. The van der Waals surface area contributed by atoms with Crippen LogP contribution in [0.5, 0.6) is 5.75 Å². The third kappa shape index (κ3) is 5.11. The molecule has 0 saturated carbocycles. The van der Waals surface area contributed by atoms with Crippen molar-refractivity contribution in [3.63, 3.8) is 0 Å². The lowest BCUT2D eigenvalue weighted by Crippen LogP contribution is -2.31. The summed E-state index contributed by atoms with van der Waals surface area (Å²) in [6.07, 6.45) is 0.587. The van der Waals surface area contributed by atoms with Crippen molar-refractivity contribution in [1.29, 1.82) is 0 Å². The summed E-state index contributed by atoms with van der Waals surface area (Å²) in [7, 11) is 1.60. The number of carbonyl (C=O) groups excluding carboxylic acids is 2. The lowest BCUT2D eigenvalue weighted by atomic mass is 9.84. The number of carbonyl (C=O) groups is 2. The van der Waals surface area contributed by atoms with Crippen molar-refractivity contribution >= 4 is 17.4 Å². The molecule has 6 nitrogen and oxygen atoms in total. The second-order valence-corrected chi connectivity index (χ2v) is 9.14. The highest BCUT2D eigenvalue weighted by molar-refractivity contribution is 6.46. The molecule has 1 aliphatic rings. The molecule has 1 saturated heterocycles. The summed E-state index contributed by atoms with van der Waals surface area (Å²) in [5.74, 6) is -0.723. The predicted molar refractivity (Wildman–Crippen MR) is 128 cm³/mol. The number of Topliss-reactive ketones (excluding diaryl/α,β-unsaturated/α-hetero) is 1. The van der Waals surface area contributed by atoms with E-state index in [-0.39, 0.29) is 16.7 Å². The molecule has 6 heteroatoms. The van der Waals surface area contributed by atoms with Crippen LogP contribution in [0.3, 0.4) is 0 Å². The topological polar surface area (TPSA) is 76.1 Å². The predicted octanol–water partition coefficient (Wildman–Crippen LogP) is 4.84. The Morgan fingerprint density at radius 1 is 1.09 bits per heavy atom. The normalized spacial score (nSPS) is 18.1. The van der Waals surface area contributed by atoms with Crippen molar-refractivity contribution < 1.29 is 24.2 Å². The van der Waals surface area contributed by atoms with Crippen molar-refractivity contribution in [2.24, 2.45) is 0 Å². The van der Waals surface area contributed by atoms with Crippen LogP contribution in [-0.2, 0) is 19.7 Å². The number of hydrogen-bond acceptors (Lipinski definition) is 5. The van der Waals surface area contributed by atoms with E-state index >= 15 is 0 Å². The van der Waals surface area contributed by atoms with Gasteiger partial charge in [-0.2, -0.15) is 0 Å². The maximum atomic E-state index is 13.1. The minimum Gasteiger partial charge on any atom is -0.507 e. The first kappa shape index (κ1) is 24.5. The molecule has 1 heterocycles. The molecule has 0 radical (unpaired) electrons. The summed E-state index contributed by atoms with van der Waals surface area (Å²) in [6, 6.07) is 14.1. The SMILES string of the molecule is CCOc1ccc(/C(O)=C2/C(=O)C(=O)N(CCCOC)C2c2ccccc2)cc1C(C)(C)C. The Kier molecular flexibility index (Phi) is 7.59. The number of hydrogen-bond donors (Lipinski definition) is 1. The molecule has 0 aliphatic carbocycles. The van der Waals surface area contributed by atoms with Gasteiger partial charge in [0.2, 0.25) is 0 Å². The number of amides is 1. The molecular formula is C27H33NO5. The van der Waals surface area contributed by atoms with Gasteiger partial charge in [0.15, 0.2) is 0 Å². The van der Waals surface area contributed by atoms with Gasteiger partial charge in [-0.25, -0.2) is 0 Å². The Morgan fingerprint density at radius 2 is 1.79 bits per heavy atom. The molecule has 1 N–H and O–H groups in total. The van der Waals surface area contributed by atoms with Crippen molar-refractivity contribution in [3.8, 4) is 5.75 Å². The van der Waals surface area contributed by atoms with Gasteiger partial charge in [0.05, 0.1) is 18.2 Å². The zero-order valence-electron chi connectivity index (χ0n) is 20.1. The summed E-state index contributed by atoms with van der Waals surface area (Å²) in [5, 5.41) is 11.4. The lowest BCUT2D eigenvalue weighted by molar-refractivity contribution is -0.140. The van der Waals surface area contributed by atoms with E-state index in [1.807, 2.05) is 49.4 Å². The minimum atomic E-state index is -0.676. The Labute approximate surface area is 195 Å². The number of ether oxygens (including phenoxy) is 2. The van der Waals surface area contributed by atoms with E-state index in [0.717, 1.165) is 16.9 Å². The number of methoxy groups -OCH3 is 1. The molecule has 0 spiro atoms. The van der Waals surface area contributed by atoms with Gasteiger partial charge in [-0.1, -0.05) is 51.1 Å². The van der Waals surface area contributed by atoms with Crippen molar-refractivity contribution in [3.05, 3.63) is 70.8 Å². The fraction of sp³-hybridized carbons (Fsp3) is 0.407. The number of aliphatic hydroxyl groups excluding tert-OH is 1. The first-order valence-corrected chi connectivity index (χ1v) is 11.3. The Balaban J connectivity index is 2.15. The number of likely N-dealkylation sites (tertiary alicyclic amines) is 1. The summed E-state index contributed by atoms with van der Waals surface area (Å²) in [4.78, 5) is 27.6. The highest BCUT2D eigenvalue weighted by Gasteiger charge is 2.45. The fourth-order valence-electron chi connectivity index (χ4n) is 4.17. The molecule has 176 valence electrons. The van der Waals surface area contributed by atoms with Crippen LogP contribution < -0.4 is 4.74 Å². The highest BCUT2D eigenvalue weighted by atomic mass is 16.5. The van der Waals surface area contributed by atoms with Crippen LogP contribution in [0, 0.1) is 0 Å². The standard InChI is InChI=1S/C27H33NO5/c1-6-33-21-14-13-19(17-20(21)27(2,3)4)24(29)22-23(18-11-8-7-9-12-18)28(15-10-16-32-5)26(31)25(22)30/h7-9,11-14,17,23,29H,6,10,15-16H2,1-5H3/b24-22-. The maximum absolute atomic E-state index is 13.1. The van der Waals surface area contributed by atoms with Crippen molar-refractivity contribution in [1.82, 2.24) is 4.90 Å². The summed E-state index contributed by atoms with van der Waals surface area (Å²) >= 11 is 0. The van der Waals surface area contributed by atoms with E-state index in [2.05, 4.69) is 20.8 Å². The third-order valence-electron chi connectivity index (χ3n) is 5.76. The number of aliphatic hydroxyl groups is 1. The van der Waals surface area contributed by atoms with Crippen LogP contribution in [0.25, 0.3) is 5.76 Å². The summed E-state index contributed by atoms with van der Waals surface area (Å²) < 4.78 is 10.9. The molecule has 0 aromatic heterocycles. The van der Waals surface area contributed by atoms with E-state index in [9.17, 15) is 14.7 Å². The van der Waals surface area contributed by atoms with Crippen molar-refractivity contribution in [2.45, 2.75) is 45.6 Å². The maximum Gasteiger partial charge on any atom is 0.295 e. The summed E-state index contributed by atoms with van der Waals surface area (Å²) in [6.45, 7) is 9.46. The van der Waals surface area contributed by atoms with Gasteiger partial charge in [0, 0.05) is 31.4 Å². The number of rotatable bonds is 8. The van der Waals surface area contributed by atoms with E-state index in [1.165, 1.54) is 4.90 Å². The van der Waals surface area contributed by atoms with E-state index in [4.69, 9.17) is 9.47 Å². The van der Waals surface area contributed by atoms with Gasteiger partial charge in [-0.15, -0.1) is 0 Å². The van der Waals surface area contributed by atoms with Gasteiger partial charge in [-0.3, -0.25) is 9.59 Å². The Bertz CT molecular complexity index is 1040. The Morgan fingerprint density at radius 3 is 2.39 bits per heavy atom. The largest absolute Gasteiger partial charge is 0.507 e. The lowest BCUT2D eigenvalue weighted by Gasteiger charge is -2.26. The molecule has 1 atom stereocenters. The average Bonchev–Trinajstić information content (AvgIpc) is 3.04. The molecule has 2 aromatic rings. The van der Waals surface area contributed by atoms with Crippen LogP contribution in [-0.4, -0.2) is 48.6 Å². The average molecular weight is 452 g/mol. The third-order valence-corrected chi connectivity index (χ3v) is 5.76. The van der Waals surface area contributed by atoms with Gasteiger partial charge in [-0.05, 0) is 42.5 Å². The van der Waals surface area contributed by atoms with Crippen LogP contribution in [0.15, 0.2) is 54.1 Å². The molecule has 2 aromatic carbocycles.